The van der Waals surface area contributed by atoms with Crippen LogP contribution >= 0.6 is 7.92 Å². The first kappa shape index (κ1) is 17.0. The Balaban J connectivity index is 1.53. The molecular formula is C19H22NO3PS. The third-order valence-electron chi connectivity index (χ3n) is 5.22. The molecule has 0 aliphatic carbocycles. The number of sulfonamides is 1. The molecule has 132 valence electrons. The second-order valence-corrected chi connectivity index (χ2v) is 11.2. The molecule has 4 rings (SSSR count). The van der Waals surface area contributed by atoms with Crippen LogP contribution in [-0.4, -0.2) is 44.2 Å². The highest BCUT2D eigenvalue weighted by atomic mass is 32.2. The predicted molar refractivity (Wildman–Crippen MR) is 102 cm³/mol. The number of ether oxygens (including phenoxy) is 1. The predicted octanol–water partition coefficient (Wildman–Crippen LogP) is 2.96. The average molecular weight is 375 g/mol. The van der Waals surface area contributed by atoms with Gasteiger partial charge in [-0.2, -0.15) is 4.31 Å². The van der Waals surface area contributed by atoms with Gasteiger partial charge in [-0.15, -0.1) is 0 Å². The minimum atomic E-state index is -3.38. The van der Waals surface area contributed by atoms with E-state index in [4.69, 9.17) is 4.74 Å². The summed E-state index contributed by atoms with van der Waals surface area (Å²) in [6.45, 7) is 2.62. The third kappa shape index (κ3) is 2.99. The van der Waals surface area contributed by atoms with Crippen LogP contribution in [0.5, 0.6) is 5.75 Å². The highest BCUT2D eigenvalue weighted by Gasteiger charge is 2.49. The first-order valence-corrected chi connectivity index (χ1v) is 11.5. The van der Waals surface area contributed by atoms with Gasteiger partial charge in [0.05, 0.1) is 12.0 Å². The number of hydrogen-bond donors (Lipinski definition) is 0. The van der Waals surface area contributed by atoms with Crippen LogP contribution in [0.3, 0.4) is 0 Å². The molecule has 0 radical (unpaired) electrons. The summed E-state index contributed by atoms with van der Waals surface area (Å²) >= 11 is 0. The van der Waals surface area contributed by atoms with E-state index in [0.717, 1.165) is 23.9 Å². The Bertz CT molecular complexity index is 865. The summed E-state index contributed by atoms with van der Waals surface area (Å²) in [5.74, 6) is 0.867. The van der Waals surface area contributed by atoms with Gasteiger partial charge >= 0.3 is 0 Å². The Labute approximate surface area is 150 Å². The molecule has 1 unspecified atom stereocenters. The van der Waals surface area contributed by atoms with Gasteiger partial charge in [0.25, 0.3) is 0 Å². The van der Waals surface area contributed by atoms with Crippen LogP contribution in [0.4, 0.5) is 0 Å². The maximum absolute atomic E-state index is 13.0. The largest absolute Gasteiger partial charge is 0.497 e. The molecule has 0 amide bonds. The Morgan fingerprint density at radius 3 is 2.32 bits per heavy atom. The van der Waals surface area contributed by atoms with Gasteiger partial charge in [-0.25, -0.2) is 8.42 Å². The summed E-state index contributed by atoms with van der Waals surface area (Å²) in [5, 5.41) is 1.36. The minimum absolute atomic E-state index is 0.143. The number of nitrogens with zero attached hydrogens (tertiary/aromatic N) is 1. The van der Waals surface area contributed by atoms with Crippen molar-refractivity contribution in [2.75, 3.05) is 19.8 Å². The number of rotatable bonds is 4. The summed E-state index contributed by atoms with van der Waals surface area (Å²) in [6, 6.07) is 15.6. The third-order valence-corrected chi connectivity index (χ3v) is 10.2. The molecule has 0 saturated carbocycles. The van der Waals surface area contributed by atoms with Crippen molar-refractivity contribution < 1.29 is 13.2 Å². The van der Waals surface area contributed by atoms with Crippen molar-refractivity contribution in [3.05, 3.63) is 54.1 Å². The van der Waals surface area contributed by atoms with Crippen LogP contribution in [0.1, 0.15) is 12.0 Å². The maximum Gasteiger partial charge on any atom is 0.243 e. The van der Waals surface area contributed by atoms with Crippen LogP contribution in [0, 0.1) is 6.92 Å². The molecule has 25 heavy (non-hydrogen) atoms. The number of benzene rings is 2. The Morgan fingerprint density at radius 2 is 1.76 bits per heavy atom. The fourth-order valence-corrected chi connectivity index (χ4v) is 8.90. The highest BCUT2D eigenvalue weighted by molar-refractivity contribution is 7.89. The average Bonchev–Trinajstić information content (AvgIpc) is 3.23. The van der Waals surface area contributed by atoms with Crippen LogP contribution < -0.4 is 10.0 Å². The molecule has 2 aromatic rings. The molecule has 6 heteroatoms. The zero-order valence-corrected chi connectivity index (χ0v) is 16.1. The summed E-state index contributed by atoms with van der Waals surface area (Å²) in [6.07, 6.45) is 1.96. The molecule has 2 saturated heterocycles. The molecule has 0 aromatic heterocycles. The molecule has 2 aliphatic heterocycles. The van der Waals surface area contributed by atoms with Gasteiger partial charge in [-0.3, -0.25) is 0 Å². The van der Waals surface area contributed by atoms with E-state index in [-0.39, 0.29) is 14.0 Å². The van der Waals surface area contributed by atoms with Crippen molar-refractivity contribution >= 4 is 23.2 Å². The van der Waals surface area contributed by atoms with Gasteiger partial charge in [0.1, 0.15) is 5.75 Å². The number of fused-ring (bicyclic) bond motifs is 2. The lowest BCUT2D eigenvalue weighted by Crippen LogP contribution is -2.40. The lowest BCUT2D eigenvalue weighted by atomic mass is 10.2. The zero-order valence-electron chi connectivity index (χ0n) is 14.4. The van der Waals surface area contributed by atoms with Crippen molar-refractivity contribution in [3.8, 4) is 5.75 Å². The van der Waals surface area contributed by atoms with Crippen LogP contribution in [0.2, 0.25) is 0 Å². The normalized spacial score (nSPS) is 26.1. The van der Waals surface area contributed by atoms with E-state index in [9.17, 15) is 8.42 Å². The van der Waals surface area contributed by atoms with Crippen LogP contribution in [0.25, 0.3) is 0 Å². The number of aryl methyl sites for hydroxylation is 1. The fourth-order valence-electron chi connectivity index (χ4n) is 3.86. The number of methoxy groups -OCH3 is 1. The minimum Gasteiger partial charge on any atom is -0.497 e. The first-order chi connectivity index (χ1) is 12.0. The molecule has 2 aromatic carbocycles. The summed E-state index contributed by atoms with van der Waals surface area (Å²) in [5.41, 5.74) is 1.54. The lowest BCUT2D eigenvalue weighted by molar-refractivity contribution is 0.408. The topological polar surface area (TPSA) is 46.6 Å². The monoisotopic (exact) mass is 375 g/mol. The molecule has 4 nitrogen and oxygen atoms in total. The second-order valence-electron chi connectivity index (χ2n) is 6.78. The molecule has 0 spiro atoms. The Morgan fingerprint density at radius 1 is 1.08 bits per heavy atom. The van der Waals surface area contributed by atoms with E-state index in [1.54, 1.807) is 23.5 Å². The van der Waals surface area contributed by atoms with E-state index < -0.39 is 10.0 Å². The highest BCUT2D eigenvalue weighted by Crippen LogP contribution is 2.55. The zero-order chi connectivity index (χ0) is 17.6. The fraction of sp³-hybridized carbons (Fsp3) is 0.368. The van der Waals surface area contributed by atoms with Crippen molar-refractivity contribution in [3.63, 3.8) is 0 Å². The molecule has 2 heterocycles. The van der Waals surface area contributed by atoms with E-state index in [2.05, 4.69) is 12.1 Å². The van der Waals surface area contributed by atoms with Crippen molar-refractivity contribution in [2.45, 2.75) is 29.9 Å². The van der Waals surface area contributed by atoms with Gasteiger partial charge in [0.2, 0.25) is 10.0 Å². The van der Waals surface area contributed by atoms with Gasteiger partial charge < -0.3 is 4.74 Å². The summed E-state index contributed by atoms with van der Waals surface area (Å²) in [7, 11) is -1.99. The lowest BCUT2D eigenvalue weighted by Gasteiger charge is -2.31. The van der Waals surface area contributed by atoms with Gasteiger partial charge in [-0.1, -0.05) is 37.8 Å². The van der Waals surface area contributed by atoms with Gasteiger partial charge in [0.15, 0.2) is 0 Å². The molecule has 3 atom stereocenters. The quantitative estimate of drug-likeness (QED) is 0.772. The summed E-state index contributed by atoms with van der Waals surface area (Å²) < 4.78 is 32.9. The van der Waals surface area contributed by atoms with E-state index >= 15 is 0 Å². The molecule has 2 aliphatic rings. The maximum atomic E-state index is 13.0. The molecular weight excluding hydrogens is 353 g/mol. The number of hydrogen-bond acceptors (Lipinski definition) is 3. The Kier molecular flexibility index (Phi) is 4.35. The molecule has 2 bridgehead atoms. The van der Waals surface area contributed by atoms with E-state index in [1.807, 2.05) is 31.2 Å². The van der Waals surface area contributed by atoms with Crippen molar-refractivity contribution in [2.24, 2.45) is 0 Å². The van der Waals surface area contributed by atoms with Crippen molar-refractivity contribution in [1.29, 1.82) is 0 Å². The second kappa shape index (κ2) is 6.39. The SMILES string of the molecule is COc1ccc([P@]2CC3C[C@H]2CN3S(=O)(=O)c2ccc(C)cc2)cc1. The first-order valence-electron chi connectivity index (χ1n) is 8.48. The van der Waals surface area contributed by atoms with Crippen LogP contribution in [0.15, 0.2) is 53.4 Å². The standard InChI is InChI=1S/C19H22NO3PS/c1-14-3-9-19(10-4-14)25(21,22)20-12-18-11-15(20)13-24(18)17-7-5-16(23-2)6-8-17/h3-10,15,18H,11-13H2,1-2H3/t15?,18-,24-/m0/s1. The van der Waals surface area contributed by atoms with Gasteiger partial charge in [-0.05, 0) is 54.7 Å². The van der Waals surface area contributed by atoms with E-state index in [1.165, 1.54) is 5.30 Å². The molecule has 2 fully saturated rings. The van der Waals surface area contributed by atoms with E-state index in [0.29, 0.717) is 17.1 Å². The van der Waals surface area contributed by atoms with Crippen LogP contribution in [-0.2, 0) is 10.0 Å². The molecule has 0 N–H and O–H groups in total. The van der Waals surface area contributed by atoms with Crippen molar-refractivity contribution in [1.82, 2.24) is 4.31 Å². The summed E-state index contributed by atoms with van der Waals surface area (Å²) in [4.78, 5) is 0.416. The smallest absolute Gasteiger partial charge is 0.243 e. The Hall–Kier alpha value is -1.42. The van der Waals surface area contributed by atoms with Gasteiger partial charge in [0, 0.05) is 12.6 Å².